The molecule has 3 rings (SSSR count). The van der Waals surface area contributed by atoms with E-state index in [9.17, 15) is 9.59 Å². The number of carbonyl (C=O) groups is 2. The number of rotatable bonds is 8. The van der Waals surface area contributed by atoms with Gasteiger partial charge in [0.15, 0.2) is 11.5 Å². The lowest BCUT2D eigenvalue weighted by Crippen LogP contribution is -2.31. The predicted molar refractivity (Wildman–Crippen MR) is 114 cm³/mol. The molecular weight excluding hydrogens is 370 g/mol. The van der Waals surface area contributed by atoms with E-state index in [1.165, 1.54) is 6.92 Å². The molecule has 29 heavy (non-hydrogen) atoms. The fraction of sp³-hybridized carbons (Fsp3) is 0.364. The average molecular weight is 397 g/mol. The minimum atomic E-state index is -0.146. The number of nitrogens with one attached hydrogen (secondary N) is 1. The molecule has 0 aromatic heterocycles. The number of hydrogen-bond acceptors (Lipinski definition) is 5. The van der Waals surface area contributed by atoms with Crippen molar-refractivity contribution in [1.29, 1.82) is 0 Å². The van der Waals surface area contributed by atoms with Crippen molar-refractivity contribution in [3.8, 4) is 11.5 Å². The summed E-state index contributed by atoms with van der Waals surface area (Å²) in [6.45, 7) is 8.02. The summed E-state index contributed by atoms with van der Waals surface area (Å²) in [5.41, 5.74) is 2.54. The van der Waals surface area contributed by atoms with E-state index in [1.807, 2.05) is 24.3 Å². The van der Waals surface area contributed by atoms with E-state index < -0.39 is 0 Å². The Hall–Kier alpha value is -3.22. The molecule has 1 N–H and O–H groups in total. The molecule has 7 heteroatoms. The SMILES string of the molecule is CCN(CC)c1ccc(NC(=O)CCN(C(C)=O)c2ccc3c(c2)OCO3)cc1. The number of hydrogen-bond donors (Lipinski definition) is 1. The average Bonchev–Trinajstić information content (AvgIpc) is 3.18. The molecule has 1 aliphatic heterocycles. The van der Waals surface area contributed by atoms with E-state index in [0.29, 0.717) is 17.2 Å². The van der Waals surface area contributed by atoms with Gasteiger partial charge in [-0.2, -0.15) is 0 Å². The molecule has 0 aliphatic carbocycles. The number of ether oxygens (including phenoxy) is 2. The number of anilines is 3. The van der Waals surface area contributed by atoms with Crippen LogP contribution in [-0.2, 0) is 9.59 Å². The Bertz CT molecular complexity index is 863. The molecule has 2 aromatic rings. The summed E-state index contributed by atoms with van der Waals surface area (Å²) in [7, 11) is 0. The monoisotopic (exact) mass is 397 g/mol. The number of amides is 2. The van der Waals surface area contributed by atoms with Crippen LogP contribution in [0.5, 0.6) is 11.5 Å². The minimum Gasteiger partial charge on any atom is -0.454 e. The number of benzene rings is 2. The molecule has 0 spiro atoms. The van der Waals surface area contributed by atoms with E-state index in [-0.39, 0.29) is 31.6 Å². The first kappa shape index (κ1) is 20.5. The van der Waals surface area contributed by atoms with Gasteiger partial charge in [0, 0.05) is 56.1 Å². The van der Waals surface area contributed by atoms with Crippen LogP contribution in [-0.4, -0.2) is 38.2 Å². The van der Waals surface area contributed by atoms with Crippen molar-refractivity contribution in [3.05, 3.63) is 42.5 Å². The molecule has 0 fully saturated rings. The third-order valence-corrected chi connectivity index (χ3v) is 4.89. The zero-order valence-corrected chi connectivity index (χ0v) is 17.1. The van der Waals surface area contributed by atoms with Gasteiger partial charge in [0.05, 0.1) is 0 Å². The predicted octanol–water partition coefficient (Wildman–Crippen LogP) is 3.64. The minimum absolute atomic E-state index is 0.139. The third-order valence-electron chi connectivity index (χ3n) is 4.89. The largest absolute Gasteiger partial charge is 0.454 e. The Morgan fingerprint density at radius 2 is 1.62 bits per heavy atom. The molecule has 1 heterocycles. The topological polar surface area (TPSA) is 71.1 Å². The Balaban J connectivity index is 1.59. The molecule has 154 valence electrons. The van der Waals surface area contributed by atoms with Crippen LogP contribution in [0.4, 0.5) is 17.1 Å². The zero-order chi connectivity index (χ0) is 20.8. The molecule has 0 atom stereocenters. The van der Waals surface area contributed by atoms with Crippen molar-refractivity contribution in [2.75, 3.05) is 41.5 Å². The van der Waals surface area contributed by atoms with Gasteiger partial charge in [-0.25, -0.2) is 0 Å². The van der Waals surface area contributed by atoms with Crippen LogP contribution in [0.2, 0.25) is 0 Å². The highest BCUT2D eigenvalue weighted by Gasteiger charge is 2.19. The van der Waals surface area contributed by atoms with Gasteiger partial charge < -0.3 is 24.6 Å². The second-order valence-corrected chi connectivity index (χ2v) is 6.73. The summed E-state index contributed by atoms with van der Waals surface area (Å²) in [6, 6.07) is 13.1. The molecule has 2 amide bonds. The summed E-state index contributed by atoms with van der Waals surface area (Å²) in [5.74, 6) is 0.975. The first-order valence-electron chi connectivity index (χ1n) is 9.84. The van der Waals surface area contributed by atoms with Gasteiger partial charge in [0.25, 0.3) is 0 Å². The van der Waals surface area contributed by atoms with Crippen molar-refractivity contribution >= 4 is 28.9 Å². The second-order valence-electron chi connectivity index (χ2n) is 6.73. The zero-order valence-electron chi connectivity index (χ0n) is 17.1. The van der Waals surface area contributed by atoms with Crippen LogP contribution in [0, 0.1) is 0 Å². The first-order valence-corrected chi connectivity index (χ1v) is 9.84. The van der Waals surface area contributed by atoms with Gasteiger partial charge >= 0.3 is 0 Å². The third kappa shape index (κ3) is 4.99. The van der Waals surface area contributed by atoms with Crippen molar-refractivity contribution in [2.45, 2.75) is 27.2 Å². The Morgan fingerprint density at radius 1 is 0.966 bits per heavy atom. The first-order chi connectivity index (χ1) is 14.0. The number of carbonyl (C=O) groups excluding carboxylic acids is 2. The van der Waals surface area contributed by atoms with E-state index in [0.717, 1.165) is 24.5 Å². The van der Waals surface area contributed by atoms with E-state index in [1.54, 1.807) is 23.1 Å². The number of fused-ring (bicyclic) bond motifs is 1. The Labute approximate surface area is 171 Å². The molecule has 7 nitrogen and oxygen atoms in total. The normalized spacial score (nSPS) is 11.8. The maximum atomic E-state index is 12.4. The summed E-state index contributed by atoms with van der Waals surface area (Å²) in [6.07, 6.45) is 0.186. The maximum absolute atomic E-state index is 12.4. The molecular formula is C22H27N3O4. The quantitative estimate of drug-likeness (QED) is 0.736. The highest BCUT2D eigenvalue weighted by molar-refractivity contribution is 5.95. The van der Waals surface area contributed by atoms with Gasteiger partial charge in [-0.05, 0) is 50.2 Å². The van der Waals surface area contributed by atoms with Crippen LogP contribution in [0.1, 0.15) is 27.2 Å². The van der Waals surface area contributed by atoms with Crippen LogP contribution in [0.25, 0.3) is 0 Å². The fourth-order valence-corrected chi connectivity index (χ4v) is 3.30. The lowest BCUT2D eigenvalue weighted by Gasteiger charge is -2.22. The second kappa shape index (κ2) is 9.32. The summed E-state index contributed by atoms with van der Waals surface area (Å²) < 4.78 is 10.7. The highest BCUT2D eigenvalue weighted by Crippen LogP contribution is 2.35. The standard InChI is InChI=1S/C22H27N3O4/c1-4-24(5-2)18-8-6-17(7-9-18)23-22(27)12-13-25(16(3)26)19-10-11-20-21(14-19)29-15-28-20/h6-11,14H,4-5,12-13,15H2,1-3H3,(H,23,27). The number of nitrogens with zero attached hydrogens (tertiary/aromatic N) is 2. The molecule has 2 aromatic carbocycles. The van der Waals surface area contributed by atoms with Crippen LogP contribution < -0.4 is 24.6 Å². The molecule has 0 saturated carbocycles. The van der Waals surface area contributed by atoms with Crippen LogP contribution in [0.3, 0.4) is 0 Å². The van der Waals surface area contributed by atoms with Crippen molar-refractivity contribution < 1.29 is 19.1 Å². The van der Waals surface area contributed by atoms with E-state index in [2.05, 4.69) is 24.1 Å². The lowest BCUT2D eigenvalue weighted by atomic mass is 10.2. The van der Waals surface area contributed by atoms with Gasteiger partial charge in [-0.15, -0.1) is 0 Å². The molecule has 1 aliphatic rings. The van der Waals surface area contributed by atoms with Crippen molar-refractivity contribution in [1.82, 2.24) is 0 Å². The van der Waals surface area contributed by atoms with Gasteiger partial charge in [-0.1, -0.05) is 0 Å². The summed E-state index contributed by atoms with van der Waals surface area (Å²) in [5, 5.41) is 2.89. The summed E-state index contributed by atoms with van der Waals surface area (Å²) in [4.78, 5) is 28.3. The Kier molecular flexibility index (Phi) is 6.59. The lowest BCUT2D eigenvalue weighted by molar-refractivity contribution is -0.117. The van der Waals surface area contributed by atoms with Crippen molar-refractivity contribution in [3.63, 3.8) is 0 Å². The Morgan fingerprint density at radius 3 is 2.28 bits per heavy atom. The van der Waals surface area contributed by atoms with Gasteiger partial charge in [0.2, 0.25) is 18.6 Å². The highest BCUT2D eigenvalue weighted by atomic mass is 16.7. The fourth-order valence-electron chi connectivity index (χ4n) is 3.30. The van der Waals surface area contributed by atoms with Gasteiger partial charge in [-0.3, -0.25) is 9.59 Å². The van der Waals surface area contributed by atoms with Crippen LogP contribution in [0.15, 0.2) is 42.5 Å². The molecule has 0 unspecified atom stereocenters. The molecule has 0 bridgehead atoms. The molecule has 0 radical (unpaired) electrons. The molecule has 0 saturated heterocycles. The van der Waals surface area contributed by atoms with Crippen LogP contribution >= 0.6 is 0 Å². The van der Waals surface area contributed by atoms with Crippen molar-refractivity contribution in [2.24, 2.45) is 0 Å². The maximum Gasteiger partial charge on any atom is 0.231 e. The smallest absolute Gasteiger partial charge is 0.231 e. The summed E-state index contributed by atoms with van der Waals surface area (Å²) >= 11 is 0. The van der Waals surface area contributed by atoms with E-state index >= 15 is 0 Å². The van der Waals surface area contributed by atoms with Gasteiger partial charge in [0.1, 0.15) is 0 Å². The van der Waals surface area contributed by atoms with E-state index in [4.69, 9.17) is 9.47 Å².